The molecule has 1 aromatic heterocycles. The number of fused-ring (bicyclic) bond motifs is 1. The molecule has 1 N–H and O–H groups in total. The fourth-order valence-electron chi connectivity index (χ4n) is 1.95. The van der Waals surface area contributed by atoms with Gasteiger partial charge in [-0.3, -0.25) is 0 Å². The Morgan fingerprint density at radius 2 is 1.94 bits per heavy atom. The zero-order valence-corrected chi connectivity index (χ0v) is 10.2. The summed E-state index contributed by atoms with van der Waals surface area (Å²) in [6.07, 6.45) is 0. The summed E-state index contributed by atoms with van der Waals surface area (Å²) in [4.78, 5) is 0. The molecule has 3 aromatic rings. The van der Waals surface area contributed by atoms with E-state index >= 15 is 0 Å². The largest absolute Gasteiger partial charge is 0.392 e. The first-order valence-corrected chi connectivity index (χ1v) is 5.88. The zero-order chi connectivity index (χ0) is 12.5. The van der Waals surface area contributed by atoms with Crippen LogP contribution in [0.15, 0.2) is 42.5 Å². The Bertz CT molecular complexity index is 708. The van der Waals surface area contributed by atoms with Crippen molar-refractivity contribution in [2.45, 2.75) is 6.61 Å². The zero-order valence-electron chi connectivity index (χ0n) is 9.42. The topological polar surface area (TPSA) is 50.9 Å². The summed E-state index contributed by atoms with van der Waals surface area (Å²) in [7, 11) is 0. The Kier molecular flexibility index (Phi) is 2.74. The van der Waals surface area contributed by atoms with Crippen LogP contribution >= 0.6 is 11.6 Å². The third-order valence-electron chi connectivity index (χ3n) is 2.83. The highest BCUT2D eigenvalue weighted by molar-refractivity contribution is 6.31. The Labute approximate surface area is 108 Å². The normalized spacial score (nSPS) is 11.0. The highest BCUT2D eigenvalue weighted by Crippen LogP contribution is 2.25. The van der Waals surface area contributed by atoms with Crippen molar-refractivity contribution in [3.63, 3.8) is 0 Å². The fraction of sp³-hybridized carbons (Fsp3) is 0.0769. The van der Waals surface area contributed by atoms with Crippen LogP contribution in [0.25, 0.3) is 16.7 Å². The van der Waals surface area contributed by atoms with Gasteiger partial charge in [-0.15, -0.1) is 5.10 Å². The lowest BCUT2D eigenvalue weighted by atomic mass is 10.2. The maximum Gasteiger partial charge on any atom is 0.113 e. The summed E-state index contributed by atoms with van der Waals surface area (Å²) < 4.78 is 1.69. The molecule has 3 rings (SSSR count). The Balaban J connectivity index is 2.30. The van der Waals surface area contributed by atoms with Crippen molar-refractivity contribution in [1.82, 2.24) is 15.0 Å². The summed E-state index contributed by atoms with van der Waals surface area (Å²) in [5.41, 5.74) is 3.09. The third kappa shape index (κ3) is 1.66. The number of aromatic nitrogens is 3. The van der Waals surface area contributed by atoms with E-state index in [0.717, 1.165) is 16.7 Å². The van der Waals surface area contributed by atoms with Gasteiger partial charge in [-0.1, -0.05) is 35.0 Å². The molecule has 5 heteroatoms. The molecule has 0 radical (unpaired) electrons. The van der Waals surface area contributed by atoms with Gasteiger partial charge in [0, 0.05) is 10.6 Å². The molecular formula is C13H10ClN3O. The number of nitrogens with zero attached hydrogens (tertiary/aromatic N) is 3. The van der Waals surface area contributed by atoms with Crippen molar-refractivity contribution in [3.05, 3.63) is 53.1 Å². The Morgan fingerprint density at radius 1 is 1.11 bits per heavy atom. The summed E-state index contributed by atoms with van der Waals surface area (Å²) in [6, 6.07) is 13.1. The number of rotatable bonds is 2. The van der Waals surface area contributed by atoms with Crippen molar-refractivity contribution in [1.29, 1.82) is 0 Å². The van der Waals surface area contributed by atoms with E-state index in [1.165, 1.54) is 0 Å². The number of aliphatic hydroxyl groups is 1. The lowest BCUT2D eigenvalue weighted by molar-refractivity contribution is 0.281. The van der Waals surface area contributed by atoms with Gasteiger partial charge in [0.2, 0.25) is 0 Å². The fourth-order valence-corrected chi connectivity index (χ4v) is 2.18. The summed E-state index contributed by atoms with van der Waals surface area (Å²) in [5.74, 6) is 0. The third-order valence-corrected chi connectivity index (χ3v) is 3.19. The molecule has 4 nitrogen and oxygen atoms in total. The molecule has 0 aliphatic carbocycles. The van der Waals surface area contributed by atoms with Crippen molar-refractivity contribution >= 4 is 22.6 Å². The molecule has 0 saturated carbocycles. The minimum atomic E-state index is -0.136. The van der Waals surface area contributed by atoms with Gasteiger partial charge in [0.15, 0.2) is 0 Å². The first-order valence-electron chi connectivity index (χ1n) is 5.50. The van der Waals surface area contributed by atoms with E-state index in [9.17, 15) is 5.11 Å². The molecule has 18 heavy (non-hydrogen) atoms. The highest BCUT2D eigenvalue weighted by atomic mass is 35.5. The van der Waals surface area contributed by atoms with Crippen LogP contribution in [0.5, 0.6) is 0 Å². The van der Waals surface area contributed by atoms with Gasteiger partial charge in [0.1, 0.15) is 5.52 Å². The molecule has 0 aliphatic rings. The quantitative estimate of drug-likeness (QED) is 0.770. The predicted molar refractivity (Wildman–Crippen MR) is 69.8 cm³/mol. The number of hydrogen-bond acceptors (Lipinski definition) is 3. The summed E-state index contributed by atoms with van der Waals surface area (Å²) in [6.45, 7) is -0.136. The van der Waals surface area contributed by atoms with Crippen LogP contribution in [-0.2, 0) is 6.61 Å². The van der Waals surface area contributed by atoms with Crippen LogP contribution in [0, 0.1) is 0 Å². The number of hydrogen-bond donors (Lipinski definition) is 1. The number of halogens is 1. The van der Waals surface area contributed by atoms with Gasteiger partial charge >= 0.3 is 0 Å². The first-order chi connectivity index (χ1) is 8.81. The molecule has 2 aromatic carbocycles. The van der Waals surface area contributed by atoms with Gasteiger partial charge in [0.25, 0.3) is 0 Å². The number of para-hydroxylation sites is 1. The molecule has 90 valence electrons. The van der Waals surface area contributed by atoms with Crippen LogP contribution in [0.4, 0.5) is 0 Å². The van der Waals surface area contributed by atoms with Crippen LogP contribution < -0.4 is 0 Å². The molecule has 0 bridgehead atoms. The Hall–Kier alpha value is -1.91. The van der Waals surface area contributed by atoms with E-state index < -0.39 is 0 Å². The molecule has 0 spiro atoms. The monoisotopic (exact) mass is 259 g/mol. The van der Waals surface area contributed by atoms with E-state index in [4.69, 9.17) is 11.6 Å². The molecule has 0 saturated heterocycles. The summed E-state index contributed by atoms with van der Waals surface area (Å²) in [5, 5.41) is 18.1. The van der Waals surface area contributed by atoms with Crippen molar-refractivity contribution in [3.8, 4) is 5.69 Å². The van der Waals surface area contributed by atoms with E-state index in [1.807, 2.05) is 36.4 Å². The maximum absolute atomic E-state index is 9.42. The second-order valence-electron chi connectivity index (χ2n) is 3.89. The molecule has 0 atom stereocenters. The van der Waals surface area contributed by atoms with E-state index in [0.29, 0.717) is 10.6 Å². The molecule has 1 heterocycles. The minimum absolute atomic E-state index is 0.136. The number of aliphatic hydroxyl groups excluding tert-OH is 1. The van der Waals surface area contributed by atoms with Gasteiger partial charge in [-0.2, -0.15) is 0 Å². The molecular weight excluding hydrogens is 250 g/mol. The standard InChI is InChI=1S/C13H10ClN3O/c14-10-4-3-7-12(9(10)8-18)17-13-6-2-1-5-11(13)15-16-17/h1-7,18H,8H2. The number of benzene rings is 2. The second-order valence-corrected chi connectivity index (χ2v) is 4.29. The SMILES string of the molecule is OCc1c(Cl)cccc1-n1nnc2ccccc21. The Morgan fingerprint density at radius 3 is 2.78 bits per heavy atom. The van der Waals surface area contributed by atoms with Crippen LogP contribution in [0.3, 0.4) is 0 Å². The average Bonchev–Trinajstić information content (AvgIpc) is 2.82. The average molecular weight is 260 g/mol. The van der Waals surface area contributed by atoms with E-state index in [2.05, 4.69) is 10.3 Å². The van der Waals surface area contributed by atoms with Gasteiger partial charge in [-0.05, 0) is 24.3 Å². The molecule has 0 aliphatic heterocycles. The lowest BCUT2D eigenvalue weighted by Gasteiger charge is -2.09. The lowest BCUT2D eigenvalue weighted by Crippen LogP contribution is -2.02. The van der Waals surface area contributed by atoms with Crippen LogP contribution in [0.2, 0.25) is 5.02 Å². The van der Waals surface area contributed by atoms with Crippen LogP contribution in [-0.4, -0.2) is 20.1 Å². The minimum Gasteiger partial charge on any atom is -0.392 e. The van der Waals surface area contributed by atoms with Gasteiger partial charge in [0.05, 0.1) is 17.8 Å². The summed E-state index contributed by atoms with van der Waals surface area (Å²) >= 11 is 6.08. The first kappa shape index (κ1) is 11.2. The van der Waals surface area contributed by atoms with Crippen LogP contribution in [0.1, 0.15) is 5.56 Å². The predicted octanol–water partition coefficient (Wildman–Crippen LogP) is 2.57. The maximum atomic E-state index is 9.42. The molecule has 0 fully saturated rings. The van der Waals surface area contributed by atoms with E-state index in [-0.39, 0.29) is 6.61 Å². The second kappa shape index (κ2) is 4.40. The van der Waals surface area contributed by atoms with Gasteiger partial charge in [-0.25, -0.2) is 4.68 Å². The molecule has 0 unspecified atom stereocenters. The smallest absolute Gasteiger partial charge is 0.113 e. The molecule has 0 amide bonds. The van der Waals surface area contributed by atoms with Crippen molar-refractivity contribution < 1.29 is 5.11 Å². The van der Waals surface area contributed by atoms with Gasteiger partial charge < -0.3 is 5.11 Å². The van der Waals surface area contributed by atoms with Crippen molar-refractivity contribution in [2.24, 2.45) is 0 Å². The van der Waals surface area contributed by atoms with E-state index in [1.54, 1.807) is 10.7 Å². The van der Waals surface area contributed by atoms with Crippen molar-refractivity contribution in [2.75, 3.05) is 0 Å². The highest BCUT2D eigenvalue weighted by Gasteiger charge is 2.11.